The number of hydrogen-bond acceptors (Lipinski definition) is 7. The lowest BCUT2D eigenvalue weighted by atomic mass is 10.0. The molecule has 0 saturated heterocycles. The molecule has 0 radical (unpaired) electrons. The molecule has 0 aliphatic carbocycles. The minimum atomic E-state index is -1.52. The second kappa shape index (κ2) is 52.3. The van der Waals surface area contributed by atoms with Crippen molar-refractivity contribution in [1.29, 1.82) is 0 Å². The van der Waals surface area contributed by atoms with E-state index < -0.39 is 24.3 Å². The molecule has 404 valence electrons. The number of hydrogen-bond donors (Lipinski definition) is 1. The van der Waals surface area contributed by atoms with Gasteiger partial charge in [0.1, 0.15) is 13.2 Å². The molecule has 0 aromatic carbocycles. The Hall–Kier alpha value is -4.05. The zero-order chi connectivity index (χ0) is 52.0. The standard InChI is InChI=1S/C62H103NO8/c1-6-8-10-12-14-16-18-20-21-22-23-24-25-26-27-28-29-30-31-32-33-34-35-36-37-38-39-41-43-45-47-49-51-53-60(65)71-58(57-70-62(61(66)67)68-55-54-63(3,4)5)56-69-59(64)52-50-48-46-44-42-40-19-17-15-13-11-9-7-2/h8-11,14-17,20-21,23-24,26-27,29-30,40,42,58,62H,6-7,12-13,18-19,22,25,28,31-39,41,43-57H2,1-5H3/p+1/b10-8-,11-9-,16-14-,17-15-,21-20-,24-23-,27-26-,30-29-,42-40-. The number of nitrogens with zero attached hydrogens (tertiary/aromatic N) is 1. The fourth-order valence-electron chi connectivity index (χ4n) is 7.27. The van der Waals surface area contributed by atoms with Gasteiger partial charge in [-0.15, -0.1) is 0 Å². The van der Waals surface area contributed by atoms with Crippen LogP contribution in [0.1, 0.15) is 206 Å². The van der Waals surface area contributed by atoms with Gasteiger partial charge in [-0.25, -0.2) is 4.79 Å². The van der Waals surface area contributed by atoms with Crippen molar-refractivity contribution >= 4 is 17.9 Å². The van der Waals surface area contributed by atoms with Gasteiger partial charge in [0.05, 0.1) is 34.4 Å². The molecule has 0 aliphatic heterocycles. The van der Waals surface area contributed by atoms with E-state index in [0.717, 1.165) is 96.3 Å². The summed E-state index contributed by atoms with van der Waals surface area (Å²) < 4.78 is 22.8. The quantitative estimate of drug-likeness (QED) is 0.0211. The van der Waals surface area contributed by atoms with Crippen LogP contribution in [0.5, 0.6) is 0 Å². The highest BCUT2D eigenvalue weighted by Crippen LogP contribution is 2.15. The van der Waals surface area contributed by atoms with Gasteiger partial charge in [-0.2, -0.15) is 0 Å². The molecule has 0 aromatic rings. The van der Waals surface area contributed by atoms with Gasteiger partial charge in [0.25, 0.3) is 6.29 Å². The Morgan fingerprint density at radius 1 is 0.423 bits per heavy atom. The Morgan fingerprint density at radius 3 is 1.14 bits per heavy atom. The minimum absolute atomic E-state index is 0.178. The monoisotopic (exact) mass is 991 g/mol. The van der Waals surface area contributed by atoms with Gasteiger partial charge in [0, 0.05) is 12.8 Å². The zero-order valence-electron chi connectivity index (χ0n) is 45.8. The number of likely N-dealkylation sites (N-methyl/N-ethyl adjacent to an activating group) is 1. The van der Waals surface area contributed by atoms with E-state index >= 15 is 0 Å². The molecule has 0 bridgehead atoms. The summed E-state index contributed by atoms with van der Waals surface area (Å²) in [6, 6.07) is 0. The van der Waals surface area contributed by atoms with Crippen LogP contribution in [0.15, 0.2) is 109 Å². The number of esters is 2. The van der Waals surface area contributed by atoms with Gasteiger partial charge < -0.3 is 28.5 Å². The predicted octanol–water partition coefficient (Wildman–Crippen LogP) is 16.3. The average molecular weight is 992 g/mol. The molecule has 0 rings (SSSR count). The molecule has 0 heterocycles. The summed E-state index contributed by atoms with van der Waals surface area (Å²) in [5.41, 5.74) is 0. The van der Waals surface area contributed by atoms with E-state index in [1.165, 1.54) is 70.6 Å². The van der Waals surface area contributed by atoms with Crippen molar-refractivity contribution in [2.45, 2.75) is 219 Å². The fraction of sp³-hybridized carbons (Fsp3) is 0.661. The lowest BCUT2D eigenvalue weighted by molar-refractivity contribution is -0.870. The number of aliphatic carboxylic acids is 1. The van der Waals surface area contributed by atoms with E-state index in [1.807, 2.05) is 21.1 Å². The van der Waals surface area contributed by atoms with E-state index in [2.05, 4.69) is 123 Å². The van der Waals surface area contributed by atoms with E-state index in [-0.39, 0.29) is 38.6 Å². The Morgan fingerprint density at radius 2 is 0.761 bits per heavy atom. The number of rotatable bonds is 50. The van der Waals surface area contributed by atoms with E-state index in [9.17, 15) is 19.5 Å². The zero-order valence-corrected chi connectivity index (χ0v) is 45.8. The van der Waals surface area contributed by atoms with Gasteiger partial charge >= 0.3 is 17.9 Å². The summed E-state index contributed by atoms with van der Waals surface area (Å²) in [5.74, 6) is -2.06. The third kappa shape index (κ3) is 53.6. The summed E-state index contributed by atoms with van der Waals surface area (Å²) in [6.07, 6.45) is 68.9. The number of allylic oxidation sites excluding steroid dienone is 18. The van der Waals surface area contributed by atoms with Crippen LogP contribution in [0.25, 0.3) is 0 Å². The van der Waals surface area contributed by atoms with E-state index in [0.29, 0.717) is 23.9 Å². The number of carboxylic acid groups (broad SMARTS) is 1. The topological polar surface area (TPSA) is 108 Å². The minimum Gasteiger partial charge on any atom is -0.477 e. The molecule has 2 unspecified atom stereocenters. The van der Waals surface area contributed by atoms with Crippen molar-refractivity contribution in [2.24, 2.45) is 0 Å². The SMILES string of the molecule is CC/C=C\C/C=C\C/C=C\C/C=C\C/C=C\C/C=C\CCCCCCCCCCCCCCCCC(=O)OC(COC(=O)CCCCC/C=C\C/C=C\C/C=C\CC)COC(OCC[N+](C)(C)C)C(=O)O. The largest absolute Gasteiger partial charge is 0.477 e. The summed E-state index contributed by atoms with van der Waals surface area (Å²) in [4.78, 5) is 37.3. The molecule has 0 amide bonds. The summed E-state index contributed by atoms with van der Waals surface area (Å²) in [5, 5.41) is 9.68. The Labute approximate surface area is 434 Å². The first kappa shape index (κ1) is 67.0. The number of carbonyl (C=O) groups is 3. The lowest BCUT2D eigenvalue weighted by Gasteiger charge is -2.25. The van der Waals surface area contributed by atoms with Crippen LogP contribution < -0.4 is 0 Å². The maximum Gasteiger partial charge on any atom is 0.361 e. The highest BCUT2D eigenvalue weighted by atomic mass is 16.7. The van der Waals surface area contributed by atoms with Gasteiger partial charge in [-0.05, 0) is 96.3 Å². The lowest BCUT2D eigenvalue weighted by Crippen LogP contribution is -2.40. The Kier molecular flexibility index (Phi) is 49.3. The highest BCUT2D eigenvalue weighted by molar-refractivity contribution is 5.71. The molecule has 0 aromatic heterocycles. The smallest absolute Gasteiger partial charge is 0.361 e. The van der Waals surface area contributed by atoms with Crippen molar-refractivity contribution in [3.8, 4) is 0 Å². The van der Waals surface area contributed by atoms with Gasteiger partial charge in [-0.1, -0.05) is 207 Å². The van der Waals surface area contributed by atoms with Crippen molar-refractivity contribution in [3.05, 3.63) is 109 Å². The molecular formula is C62H104NO8+. The predicted molar refractivity (Wildman–Crippen MR) is 299 cm³/mol. The normalized spacial score (nSPS) is 13.6. The van der Waals surface area contributed by atoms with Crippen molar-refractivity contribution in [3.63, 3.8) is 0 Å². The molecule has 1 N–H and O–H groups in total. The van der Waals surface area contributed by atoms with Crippen molar-refractivity contribution in [2.75, 3.05) is 47.5 Å². The molecule has 0 saturated carbocycles. The molecule has 71 heavy (non-hydrogen) atoms. The number of unbranched alkanes of at least 4 members (excludes halogenated alkanes) is 17. The average Bonchev–Trinajstić information content (AvgIpc) is 3.34. The summed E-state index contributed by atoms with van der Waals surface area (Å²) in [6.45, 7) is 4.59. The molecule has 2 atom stereocenters. The molecule has 0 spiro atoms. The van der Waals surface area contributed by atoms with E-state index in [1.54, 1.807) is 0 Å². The second-order valence-electron chi connectivity index (χ2n) is 19.5. The van der Waals surface area contributed by atoms with Crippen LogP contribution in [-0.2, 0) is 33.3 Å². The van der Waals surface area contributed by atoms with Gasteiger partial charge in [0.15, 0.2) is 6.10 Å². The molecule has 9 nitrogen and oxygen atoms in total. The number of quaternary nitrogens is 1. The van der Waals surface area contributed by atoms with Crippen LogP contribution in [0, 0.1) is 0 Å². The first-order chi connectivity index (χ1) is 34.6. The van der Waals surface area contributed by atoms with Crippen molar-refractivity contribution < 1.29 is 42.9 Å². The Balaban J connectivity index is 4.17. The first-order valence-corrected chi connectivity index (χ1v) is 28.1. The molecule has 0 aliphatic rings. The van der Waals surface area contributed by atoms with Crippen LogP contribution in [-0.4, -0.2) is 87.4 Å². The molecular weight excluding hydrogens is 887 g/mol. The van der Waals surface area contributed by atoms with E-state index in [4.69, 9.17) is 18.9 Å². The van der Waals surface area contributed by atoms with Gasteiger partial charge in [0.2, 0.25) is 0 Å². The van der Waals surface area contributed by atoms with Crippen LogP contribution in [0.3, 0.4) is 0 Å². The maximum atomic E-state index is 12.8. The third-order valence-electron chi connectivity index (χ3n) is 11.5. The second-order valence-corrected chi connectivity index (χ2v) is 19.5. The third-order valence-corrected chi connectivity index (χ3v) is 11.5. The highest BCUT2D eigenvalue weighted by Gasteiger charge is 2.25. The summed E-state index contributed by atoms with van der Waals surface area (Å²) in [7, 11) is 5.95. The maximum absolute atomic E-state index is 12.8. The van der Waals surface area contributed by atoms with Gasteiger partial charge in [-0.3, -0.25) is 9.59 Å². The van der Waals surface area contributed by atoms with Crippen molar-refractivity contribution in [1.82, 2.24) is 0 Å². The number of carboxylic acids is 1. The number of carbonyl (C=O) groups excluding carboxylic acids is 2. The summed E-state index contributed by atoms with van der Waals surface area (Å²) >= 11 is 0. The first-order valence-electron chi connectivity index (χ1n) is 28.1. The van der Waals surface area contributed by atoms with Crippen LogP contribution in [0.4, 0.5) is 0 Å². The number of ether oxygens (including phenoxy) is 4. The Bertz CT molecular complexity index is 1530. The molecule has 0 fully saturated rings. The van der Waals surface area contributed by atoms with Crippen LogP contribution >= 0.6 is 0 Å². The fourth-order valence-corrected chi connectivity index (χ4v) is 7.27. The van der Waals surface area contributed by atoms with Crippen LogP contribution in [0.2, 0.25) is 0 Å². The molecule has 9 heteroatoms.